The van der Waals surface area contributed by atoms with E-state index >= 15 is 0 Å². The molecular formula is C19H23F2N4P. The van der Waals surface area contributed by atoms with Crippen molar-refractivity contribution in [2.75, 3.05) is 13.1 Å². The van der Waals surface area contributed by atoms with E-state index in [1.54, 1.807) is 6.07 Å². The summed E-state index contributed by atoms with van der Waals surface area (Å²) in [4.78, 5) is 8.10. The van der Waals surface area contributed by atoms with E-state index in [0.717, 1.165) is 31.6 Å². The maximum atomic E-state index is 14.8. The van der Waals surface area contributed by atoms with Gasteiger partial charge >= 0.3 is 0 Å². The first kappa shape index (κ1) is 19.0. The van der Waals surface area contributed by atoms with Crippen molar-refractivity contribution in [3.63, 3.8) is 0 Å². The van der Waals surface area contributed by atoms with Crippen LogP contribution in [0.4, 0.5) is 8.78 Å². The Kier molecular flexibility index (Phi) is 6.41. The van der Waals surface area contributed by atoms with Gasteiger partial charge in [0.15, 0.2) is 0 Å². The lowest BCUT2D eigenvalue weighted by Gasteiger charge is -2.28. The van der Waals surface area contributed by atoms with Gasteiger partial charge in [-0.1, -0.05) is 15.3 Å². The molecule has 0 saturated carbocycles. The molecule has 138 valence electrons. The van der Waals surface area contributed by atoms with E-state index in [2.05, 4.69) is 29.8 Å². The third-order valence-electron chi connectivity index (χ3n) is 4.54. The van der Waals surface area contributed by atoms with Crippen LogP contribution in [0.25, 0.3) is 10.9 Å². The normalized spacial score (nSPS) is 17.9. The van der Waals surface area contributed by atoms with Gasteiger partial charge < -0.3 is 10.6 Å². The van der Waals surface area contributed by atoms with Crippen molar-refractivity contribution >= 4 is 26.1 Å². The summed E-state index contributed by atoms with van der Waals surface area (Å²) in [5.41, 5.74) is 1.59. The SMILES string of the molecule is Cc1ccc2cc(C(NC3CCNCC3)/C(F)=C\N=CP)cc(F)c2n1. The predicted octanol–water partition coefficient (Wildman–Crippen LogP) is 3.78. The Morgan fingerprint density at radius 1 is 1.38 bits per heavy atom. The van der Waals surface area contributed by atoms with E-state index in [-0.39, 0.29) is 6.04 Å². The fourth-order valence-corrected chi connectivity index (χ4v) is 3.31. The van der Waals surface area contributed by atoms with Gasteiger partial charge in [-0.3, -0.25) is 9.98 Å². The van der Waals surface area contributed by atoms with Gasteiger partial charge in [-0.05, 0) is 56.6 Å². The predicted molar refractivity (Wildman–Crippen MR) is 106 cm³/mol. The van der Waals surface area contributed by atoms with Crippen molar-refractivity contribution in [3.05, 3.63) is 53.4 Å². The Bertz CT molecular complexity index is 832. The Morgan fingerprint density at radius 2 is 2.15 bits per heavy atom. The number of aryl methyl sites for hydroxylation is 1. The number of aromatic nitrogens is 1. The smallest absolute Gasteiger partial charge is 0.149 e. The van der Waals surface area contributed by atoms with Crippen LogP contribution in [0.3, 0.4) is 0 Å². The highest BCUT2D eigenvalue weighted by Crippen LogP contribution is 2.29. The van der Waals surface area contributed by atoms with Crippen LogP contribution in [0, 0.1) is 12.7 Å². The second kappa shape index (κ2) is 8.76. The zero-order valence-corrected chi connectivity index (χ0v) is 15.8. The molecule has 2 unspecified atom stereocenters. The topological polar surface area (TPSA) is 49.3 Å². The van der Waals surface area contributed by atoms with Gasteiger partial charge in [-0.25, -0.2) is 8.78 Å². The molecule has 4 nitrogen and oxygen atoms in total. The van der Waals surface area contributed by atoms with E-state index < -0.39 is 17.7 Å². The highest BCUT2D eigenvalue weighted by Gasteiger charge is 2.24. The Hall–Kier alpha value is -1.75. The maximum Gasteiger partial charge on any atom is 0.149 e. The standard InChI is InChI=1S/C19H23F2N4P/c1-12-2-3-13-8-14(9-16(20)18(13)24-12)19(17(21)10-23-11-26)25-15-4-6-22-7-5-15/h2-3,8-11,15,19,22,25H,4-7,26H2,1H3/b17-10+,23-11?. The fraction of sp³-hybridized carbons (Fsp3) is 0.368. The van der Waals surface area contributed by atoms with Gasteiger partial charge in [0, 0.05) is 23.1 Å². The molecule has 1 saturated heterocycles. The number of piperidine rings is 1. The number of fused-ring (bicyclic) bond motifs is 1. The molecule has 2 aromatic rings. The quantitative estimate of drug-likeness (QED) is 0.617. The molecule has 1 aliphatic rings. The number of aliphatic imine (C=N–C) groups is 1. The van der Waals surface area contributed by atoms with Crippen molar-refractivity contribution in [1.29, 1.82) is 0 Å². The number of benzene rings is 1. The van der Waals surface area contributed by atoms with Crippen LogP contribution in [-0.2, 0) is 0 Å². The van der Waals surface area contributed by atoms with Crippen molar-refractivity contribution in [2.24, 2.45) is 4.99 Å². The summed E-state index contributed by atoms with van der Waals surface area (Å²) in [6.07, 6.45) is 2.96. The molecule has 1 aromatic heterocycles. The molecule has 3 rings (SSSR count). The zero-order valence-electron chi connectivity index (χ0n) is 14.7. The van der Waals surface area contributed by atoms with Crippen molar-refractivity contribution < 1.29 is 8.78 Å². The van der Waals surface area contributed by atoms with Crippen LogP contribution in [0.5, 0.6) is 0 Å². The van der Waals surface area contributed by atoms with E-state index in [0.29, 0.717) is 16.5 Å². The van der Waals surface area contributed by atoms with E-state index in [1.165, 1.54) is 18.2 Å². The molecular weight excluding hydrogens is 353 g/mol. The minimum atomic E-state index is -0.744. The summed E-state index contributed by atoms with van der Waals surface area (Å²) in [6, 6.07) is 6.22. The number of hydrogen-bond donors (Lipinski definition) is 2. The third-order valence-corrected chi connectivity index (χ3v) is 4.71. The number of pyridine rings is 1. The number of rotatable bonds is 5. The van der Waals surface area contributed by atoms with Crippen LogP contribution < -0.4 is 10.6 Å². The minimum Gasteiger partial charge on any atom is -0.317 e. The van der Waals surface area contributed by atoms with Crippen LogP contribution in [0.1, 0.15) is 30.1 Å². The van der Waals surface area contributed by atoms with E-state index in [4.69, 9.17) is 0 Å². The lowest BCUT2D eigenvalue weighted by molar-refractivity contribution is 0.344. The largest absolute Gasteiger partial charge is 0.317 e. The van der Waals surface area contributed by atoms with Crippen LogP contribution in [0.2, 0.25) is 0 Å². The van der Waals surface area contributed by atoms with E-state index in [1.807, 2.05) is 19.1 Å². The monoisotopic (exact) mass is 376 g/mol. The molecule has 1 aromatic carbocycles. The Balaban J connectivity index is 1.99. The molecule has 1 fully saturated rings. The highest BCUT2D eigenvalue weighted by molar-refractivity contribution is 7.36. The molecule has 7 heteroatoms. The number of halogens is 2. The summed E-state index contributed by atoms with van der Waals surface area (Å²) in [7, 11) is 2.31. The first-order valence-corrected chi connectivity index (χ1v) is 9.37. The Morgan fingerprint density at radius 3 is 2.88 bits per heavy atom. The third kappa shape index (κ3) is 4.50. The summed E-state index contributed by atoms with van der Waals surface area (Å²) >= 11 is 0. The molecule has 0 spiro atoms. The average molecular weight is 376 g/mol. The van der Waals surface area contributed by atoms with Crippen molar-refractivity contribution in [3.8, 4) is 0 Å². The van der Waals surface area contributed by atoms with Gasteiger partial charge in [-0.2, -0.15) is 0 Å². The number of nitrogens with zero attached hydrogens (tertiary/aromatic N) is 2. The molecule has 1 aliphatic heterocycles. The number of nitrogens with one attached hydrogen (secondary N) is 2. The molecule has 2 N–H and O–H groups in total. The minimum absolute atomic E-state index is 0.162. The summed E-state index contributed by atoms with van der Waals surface area (Å²) in [6.45, 7) is 3.58. The lowest BCUT2D eigenvalue weighted by Crippen LogP contribution is -2.41. The molecule has 0 bridgehead atoms. The first-order valence-electron chi connectivity index (χ1n) is 8.71. The second-order valence-electron chi connectivity index (χ2n) is 6.46. The number of hydrogen-bond acceptors (Lipinski definition) is 4. The van der Waals surface area contributed by atoms with Crippen molar-refractivity contribution in [1.82, 2.24) is 15.6 Å². The zero-order chi connectivity index (χ0) is 18.5. The van der Waals surface area contributed by atoms with Crippen LogP contribution in [0.15, 0.2) is 41.3 Å². The molecule has 2 atom stereocenters. The van der Waals surface area contributed by atoms with Crippen molar-refractivity contribution in [2.45, 2.75) is 31.8 Å². The molecule has 2 heterocycles. The lowest BCUT2D eigenvalue weighted by atomic mass is 9.99. The van der Waals surface area contributed by atoms with Gasteiger partial charge in [0.1, 0.15) is 17.2 Å². The molecule has 0 radical (unpaired) electrons. The average Bonchev–Trinajstić information content (AvgIpc) is 2.65. The highest BCUT2D eigenvalue weighted by atomic mass is 31.0. The molecule has 0 amide bonds. The van der Waals surface area contributed by atoms with Gasteiger partial charge in [0.25, 0.3) is 0 Å². The summed E-state index contributed by atoms with van der Waals surface area (Å²) in [5, 5.41) is 7.28. The van der Waals surface area contributed by atoms with Gasteiger partial charge in [-0.15, -0.1) is 0 Å². The van der Waals surface area contributed by atoms with Gasteiger partial charge in [0.2, 0.25) is 0 Å². The maximum absolute atomic E-state index is 14.8. The van der Waals surface area contributed by atoms with Crippen LogP contribution in [-0.4, -0.2) is 30.1 Å². The van der Waals surface area contributed by atoms with Crippen LogP contribution >= 0.6 is 9.24 Å². The first-order chi connectivity index (χ1) is 12.6. The summed E-state index contributed by atoms with van der Waals surface area (Å²) < 4.78 is 29.4. The van der Waals surface area contributed by atoms with Gasteiger partial charge in [0.05, 0.1) is 12.2 Å². The summed E-state index contributed by atoms with van der Waals surface area (Å²) in [5.74, 6) is 0.552. The molecule has 0 aliphatic carbocycles. The Labute approximate surface area is 154 Å². The van der Waals surface area contributed by atoms with E-state index in [9.17, 15) is 8.78 Å². The second-order valence-corrected chi connectivity index (χ2v) is 6.76. The fourth-order valence-electron chi connectivity index (χ4n) is 3.23. The molecule has 26 heavy (non-hydrogen) atoms.